The third kappa shape index (κ3) is 3.52. The van der Waals surface area contributed by atoms with Crippen molar-refractivity contribution in [2.45, 2.75) is 52.0 Å². The van der Waals surface area contributed by atoms with Gasteiger partial charge in [-0.25, -0.2) is 0 Å². The third-order valence-corrected chi connectivity index (χ3v) is 4.68. The summed E-state index contributed by atoms with van der Waals surface area (Å²) in [6.45, 7) is 5.75. The molecule has 3 atom stereocenters. The second-order valence-electron chi connectivity index (χ2n) is 5.37. The molecule has 1 aromatic rings. The molecule has 0 amide bonds. The van der Waals surface area contributed by atoms with Gasteiger partial charge in [0.2, 0.25) is 0 Å². The second-order valence-corrected chi connectivity index (χ2v) is 6.29. The van der Waals surface area contributed by atoms with Crippen LogP contribution in [0.4, 0.5) is 0 Å². The zero-order chi connectivity index (χ0) is 12.1. The molecule has 2 rings (SSSR count). The van der Waals surface area contributed by atoms with Gasteiger partial charge in [0.05, 0.1) is 5.51 Å². The number of thiazole rings is 1. The first-order valence-corrected chi connectivity index (χ1v) is 7.81. The van der Waals surface area contributed by atoms with E-state index in [0.29, 0.717) is 6.04 Å². The predicted molar refractivity (Wildman–Crippen MR) is 74.3 cm³/mol. The molecule has 3 unspecified atom stereocenters. The molecule has 1 aliphatic rings. The predicted octanol–water partition coefficient (Wildman–Crippen LogP) is 4.01. The zero-order valence-electron chi connectivity index (χ0n) is 11.0. The molecular formula is C14H24N2S. The smallest absolute Gasteiger partial charge is 0.0794 e. The normalized spacial score (nSPS) is 26.9. The Morgan fingerprint density at radius 2 is 2.41 bits per heavy atom. The van der Waals surface area contributed by atoms with E-state index >= 15 is 0 Å². The van der Waals surface area contributed by atoms with Gasteiger partial charge in [-0.2, -0.15) is 0 Å². The molecule has 17 heavy (non-hydrogen) atoms. The molecule has 1 N–H and O–H groups in total. The van der Waals surface area contributed by atoms with E-state index in [1.165, 1.54) is 37.0 Å². The van der Waals surface area contributed by atoms with Crippen molar-refractivity contribution >= 4 is 11.3 Å². The third-order valence-electron chi connectivity index (χ3n) is 3.82. The molecule has 2 nitrogen and oxygen atoms in total. The molecule has 96 valence electrons. The Kier molecular flexibility index (Phi) is 4.99. The van der Waals surface area contributed by atoms with Crippen LogP contribution in [0.15, 0.2) is 11.7 Å². The first kappa shape index (κ1) is 13.0. The van der Waals surface area contributed by atoms with Crippen LogP contribution in [-0.4, -0.2) is 11.5 Å². The van der Waals surface area contributed by atoms with E-state index in [0.717, 1.165) is 18.4 Å². The van der Waals surface area contributed by atoms with Crippen LogP contribution in [0, 0.1) is 11.8 Å². The Morgan fingerprint density at radius 1 is 1.53 bits per heavy atom. The van der Waals surface area contributed by atoms with Crippen LogP contribution in [0.3, 0.4) is 0 Å². The molecule has 0 spiro atoms. The van der Waals surface area contributed by atoms with E-state index in [4.69, 9.17) is 0 Å². The van der Waals surface area contributed by atoms with Gasteiger partial charge < -0.3 is 5.32 Å². The van der Waals surface area contributed by atoms with Crippen molar-refractivity contribution in [1.82, 2.24) is 10.3 Å². The number of aromatic nitrogens is 1. The maximum Gasteiger partial charge on any atom is 0.0794 e. The average molecular weight is 252 g/mol. The summed E-state index contributed by atoms with van der Waals surface area (Å²) in [5.74, 6) is 1.71. The summed E-state index contributed by atoms with van der Waals surface area (Å²) in [5.41, 5.74) is 1.96. The number of nitrogens with zero attached hydrogens (tertiary/aromatic N) is 1. The van der Waals surface area contributed by atoms with Gasteiger partial charge in [-0.05, 0) is 37.6 Å². The highest BCUT2D eigenvalue weighted by atomic mass is 32.1. The van der Waals surface area contributed by atoms with Gasteiger partial charge in [0.15, 0.2) is 0 Å². The van der Waals surface area contributed by atoms with Crippen molar-refractivity contribution in [1.29, 1.82) is 0 Å². The van der Waals surface area contributed by atoms with Crippen molar-refractivity contribution in [2.24, 2.45) is 11.8 Å². The van der Waals surface area contributed by atoms with E-state index < -0.39 is 0 Å². The highest BCUT2D eigenvalue weighted by Gasteiger charge is 2.28. The van der Waals surface area contributed by atoms with Crippen LogP contribution in [0.25, 0.3) is 0 Å². The summed E-state index contributed by atoms with van der Waals surface area (Å²) in [4.78, 5) is 5.67. The Hall–Kier alpha value is -0.410. The van der Waals surface area contributed by atoms with Crippen molar-refractivity contribution < 1.29 is 0 Å². The average Bonchev–Trinajstić information content (AvgIpc) is 2.83. The monoisotopic (exact) mass is 252 g/mol. The maximum absolute atomic E-state index is 4.24. The summed E-state index contributed by atoms with van der Waals surface area (Å²) in [7, 11) is 0. The lowest BCUT2D eigenvalue weighted by Gasteiger charge is -2.33. The molecular weight excluding hydrogens is 228 g/mol. The minimum absolute atomic E-state index is 0.546. The molecule has 0 bridgehead atoms. The van der Waals surface area contributed by atoms with Gasteiger partial charge in [-0.3, -0.25) is 4.98 Å². The van der Waals surface area contributed by atoms with Crippen LogP contribution in [0.5, 0.6) is 0 Å². The SMILES string of the molecule is CCCNC(c1cncs1)C1CCCC(C)C1. The molecule has 3 heteroatoms. The topological polar surface area (TPSA) is 24.9 Å². The van der Waals surface area contributed by atoms with E-state index in [-0.39, 0.29) is 0 Å². The first-order valence-electron chi connectivity index (χ1n) is 6.93. The van der Waals surface area contributed by atoms with Gasteiger partial charge in [0.1, 0.15) is 0 Å². The van der Waals surface area contributed by atoms with Gasteiger partial charge >= 0.3 is 0 Å². The molecule has 1 aliphatic carbocycles. The fourth-order valence-electron chi connectivity index (χ4n) is 2.96. The molecule has 1 fully saturated rings. The molecule has 0 saturated heterocycles. The number of hydrogen-bond donors (Lipinski definition) is 1. The summed E-state index contributed by atoms with van der Waals surface area (Å²) in [5, 5.41) is 3.73. The van der Waals surface area contributed by atoms with Gasteiger partial charge in [-0.15, -0.1) is 11.3 Å². The highest BCUT2D eigenvalue weighted by Crippen LogP contribution is 2.38. The van der Waals surface area contributed by atoms with Gasteiger partial charge in [-0.1, -0.05) is 26.7 Å². The highest BCUT2D eigenvalue weighted by molar-refractivity contribution is 7.09. The fourth-order valence-corrected chi connectivity index (χ4v) is 3.75. The summed E-state index contributed by atoms with van der Waals surface area (Å²) < 4.78 is 0. The molecule has 0 aliphatic heterocycles. The first-order chi connectivity index (χ1) is 8.31. The quantitative estimate of drug-likeness (QED) is 0.856. The van der Waals surface area contributed by atoms with E-state index in [1.54, 1.807) is 11.3 Å². The Bertz CT molecular complexity index is 310. The summed E-state index contributed by atoms with van der Waals surface area (Å²) >= 11 is 1.80. The van der Waals surface area contributed by atoms with Gasteiger partial charge in [0, 0.05) is 17.1 Å². The fraction of sp³-hybridized carbons (Fsp3) is 0.786. The van der Waals surface area contributed by atoms with E-state index in [1.807, 2.05) is 5.51 Å². The minimum atomic E-state index is 0.546. The lowest BCUT2D eigenvalue weighted by atomic mass is 9.78. The van der Waals surface area contributed by atoms with Crippen molar-refractivity contribution in [3.05, 3.63) is 16.6 Å². The van der Waals surface area contributed by atoms with Crippen molar-refractivity contribution in [3.63, 3.8) is 0 Å². The van der Waals surface area contributed by atoms with E-state index in [2.05, 4.69) is 30.3 Å². The Balaban J connectivity index is 2.03. The number of nitrogens with one attached hydrogen (secondary N) is 1. The van der Waals surface area contributed by atoms with Crippen molar-refractivity contribution in [3.8, 4) is 0 Å². The standard InChI is InChI=1S/C14H24N2S/c1-3-7-16-14(13-9-15-10-17-13)12-6-4-5-11(2)8-12/h9-12,14,16H,3-8H2,1-2H3. The minimum Gasteiger partial charge on any atom is -0.309 e. The van der Waals surface area contributed by atoms with Crippen LogP contribution in [0.2, 0.25) is 0 Å². The summed E-state index contributed by atoms with van der Waals surface area (Å²) in [6.07, 6.45) is 8.83. The zero-order valence-corrected chi connectivity index (χ0v) is 11.8. The maximum atomic E-state index is 4.24. The Labute approximate surface area is 109 Å². The molecule has 1 heterocycles. The second kappa shape index (κ2) is 6.50. The molecule has 1 aromatic heterocycles. The van der Waals surface area contributed by atoms with Crippen LogP contribution >= 0.6 is 11.3 Å². The molecule has 0 radical (unpaired) electrons. The molecule has 1 saturated carbocycles. The van der Waals surface area contributed by atoms with Crippen molar-refractivity contribution in [2.75, 3.05) is 6.54 Å². The van der Waals surface area contributed by atoms with Crippen LogP contribution < -0.4 is 5.32 Å². The van der Waals surface area contributed by atoms with E-state index in [9.17, 15) is 0 Å². The van der Waals surface area contributed by atoms with Crippen LogP contribution in [0.1, 0.15) is 56.9 Å². The lowest BCUT2D eigenvalue weighted by Crippen LogP contribution is -2.31. The largest absolute Gasteiger partial charge is 0.309 e. The van der Waals surface area contributed by atoms with Crippen LogP contribution in [-0.2, 0) is 0 Å². The summed E-state index contributed by atoms with van der Waals surface area (Å²) in [6, 6.07) is 0.546. The lowest BCUT2D eigenvalue weighted by molar-refractivity contribution is 0.225. The Morgan fingerprint density at radius 3 is 3.06 bits per heavy atom. The molecule has 0 aromatic carbocycles. The number of rotatable bonds is 5. The number of hydrogen-bond acceptors (Lipinski definition) is 3. The van der Waals surface area contributed by atoms with Gasteiger partial charge in [0.25, 0.3) is 0 Å².